The molecule has 42 heavy (non-hydrogen) atoms. The molecule has 0 saturated heterocycles. The maximum atomic E-state index is 6.39. The maximum Gasteiger partial charge on any atom is 0.164 e. The molecule has 0 bridgehead atoms. The minimum Gasteiger partial charge on any atom is -0.456 e. The summed E-state index contributed by atoms with van der Waals surface area (Å²) in [6, 6.07) is 41.8. The van der Waals surface area contributed by atoms with Gasteiger partial charge in [-0.05, 0) is 53.6 Å². The summed E-state index contributed by atoms with van der Waals surface area (Å²) in [4.78, 5) is 15.0. The Hall–Kier alpha value is -5.09. The first-order chi connectivity index (χ1) is 20.8. The van der Waals surface area contributed by atoms with Gasteiger partial charge in [0.2, 0.25) is 0 Å². The zero-order chi connectivity index (χ0) is 27.9. The largest absolute Gasteiger partial charge is 0.456 e. The maximum absolute atomic E-state index is 6.39. The summed E-state index contributed by atoms with van der Waals surface area (Å²) in [6.45, 7) is 0. The van der Waals surface area contributed by atoms with E-state index in [-0.39, 0.29) is 0 Å². The van der Waals surface area contributed by atoms with Crippen LogP contribution in [0.2, 0.25) is 0 Å². The standard InChI is InChI=1S/C38H29N3O/c1-3-14-26(15-4-1)36-39-37(27-16-5-2-6-17-27)41-38(40-36)31-19-10-9-18-29(31)30-20-11-21-34-35(30)32-24-28(22-23-33(32)42-34)25-12-7-8-13-25/h1-6,9-11,14-25H,7-8,12-13H2. The highest BCUT2D eigenvalue weighted by Crippen LogP contribution is 2.42. The molecule has 1 aliphatic carbocycles. The van der Waals surface area contributed by atoms with Crippen molar-refractivity contribution in [3.63, 3.8) is 0 Å². The van der Waals surface area contributed by atoms with Gasteiger partial charge in [0.25, 0.3) is 0 Å². The predicted octanol–water partition coefficient (Wildman–Crippen LogP) is 10.1. The predicted molar refractivity (Wildman–Crippen MR) is 170 cm³/mol. The number of hydrogen-bond acceptors (Lipinski definition) is 4. The van der Waals surface area contributed by atoms with E-state index in [4.69, 9.17) is 19.4 Å². The molecule has 0 amide bonds. The quantitative estimate of drug-likeness (QED) is 0.217. The third-order valence-electron chi connectivity index (χ3n) is 8.50. The van der Waals surface area contributed by atoms with Gasteiger partial charge in [-0.1, -0.05) is 116 Å². The molecule has 7 aromatic rings. The Morgan fingerprint density at radius 2 is 1.10 bits per heavy atom. The summed E-state index contributed by atoms with van der Waals surface area (Å²) in [5, 5.41) is 2.31. The fourth-order valence-electron chi connectivity index (χ4n) is 6.42. The van der Waals surface area contributed by atoms with Gasteiger partial charge in [0.15, 0.2) is 17.5 Å². The molecule has 4 heteroatoms. The van der Waals surface area contributed by atoms with Crippen molar-refractivity contribution in [2.75, 3.05) is 0 Å². The van der Waals surface area contributed by atoms with Crippen molar-refractivity contribution in [1.29, 1.82) is 0 Å². The molecule has 1 fully saturated rings. The Morgan fingerprint density at radius 1 is 0.500 bits per heavy atom. The fourth-order valence-corrected chi connectivity index (χ4v) is 6.42. The lowest BCUT2D eigenvalue weighted by atomic mass is 9.92. The molecular weight excluding hydrogens is 514 g/mol. The Labute approximate surface area is 244 Å². The molecule has 0 N–H and O–H groups in total. The van der Waals surface area contributed by atoms with E-state index in [0.717, 1.165) is 44.4 Å². The number of furan rings is 1. The zero-order valence-electron chi connectivity index (χ0n) is 23.2. The van der Waals surface area contributed by atoms with Crippen LogP contribution in [-0.4, -0.2) is 15.0 Å². The SMILES string of the molecule is c1ccc(-c2nc(-c3ccccc3)nc(-c3ccccc3-c3cccc4oc5ccc(C6CCCC6)cc5c34)n2)cc1. The summed E-state index contributed by atoms with van der Waals surface area (Å²) in [5.41, 5.74) is 8.30. The summed E-state index contributed by atoms with van der Waals surface area (Å²) in [5.74, 6) is 2.59. The van der Waals surface area contributed by atoms with Gasteiger partial charge >= 0.3 is 0 Å². The van der Waals surface area contributed by atoms with E-state index >= 15 is 0 Å². The number of benzene rings is 5. The second kappa shape index (κ2) is 10.4. The van der Waals surface area contributed by atoms with E-state index in [2.05, 4.69) is 60.7 Å². The highest BCUT2D eigenvalue weighted by Gasteiger charge is 2.21. The van der Waals surface area contributed by atoms with E-state index in [1.54, 1.807) is 0 Å². The van der Waals surface area contributed by atoms with Gasteiger partial charge in [0, 0.05) is 27.5 Å². The molecule has 0 radical (unpaired) electrons. The van der Waals surface area contributed by atoms with Gasteiger partial charge in [-0.2, -0.15) is 0 Å². The van der Waals surface area contributed by atoms with Crippen LogP contribution >= 0.6 is 0 Å². The minimum absolute atomic E-state index is 0.636. The summed E-state index contributed by atoms with van der Waals surface area (Å²) in [7, 11) is 0. The summed E-state index contributed by atoms with van der Waals surface area (Å²) >= 11 is 0. The smallest absolute Gasteiger partial charge is 0.164 e. The van der Waals surface area contributed by atoms with E-state index in [1.165, 1.54) is 36.6 Å². The van der Waals surface area contributed by atoms with Crippen molar-refractivity contribution >= 4 is 21.9 Å². The summed E-state index contributed by atoms with van der Waals surface area (Å²) in [6.07, 6.45) is 5.17. The van der Waals surface area contributed by atoms with Gasteiger partial charge in [-0.3, -0.25) is 0 Å². The van der Waals surface area contributed by atoms with Crippen LogP contribution in [0.15, 0.2) is 126 Å². The third kappa shape index (κ3) is 4.36. The summed E-state index contributed by atoms with van der Waals surface area (Å²) < 4.78 is 6.39. The number of fused-ring (bicyclic) bond motifs is 3. The Bertz CT molecular complexity index is 1980. The molecule has 4 nitrogen and oxygen atoms in total. The fraction of sp³-hybridized carbons (Fsp3) is 0.132. The first kappa shape index (κ1) is 24.7. The molecule has 202 valence electrons. The molecular formula is C38H29N3O. The van der Waals surface area contributed by atoms with Crippen LogP contribution in [0.25, 0.3) is 67.2 Å². The molecule has 5 aromatic carbocycles. The van der Waals surface area contributed by atoms with E-state index in [1.807, 2.05) is 60.7 Å². The lowest BCUT2D eigenvalue weighted by Crippen LogP contribution is -2.01. The van der Waals surface area contributed by atoms with Crippen LogP contribution in [0.3, 0.4) is 0 Å². The second-order valence-electron chi connectivity index (χ2n) is 11.1. The van der Waals surface area contributed by atoms with Crippen molar-refractivity contribution in [3.05, 3.63) is 127 Å². The Kier molecular flexibility index (Phi) is 6.11. The van der Waals surface area contributed by atoms with E-state index in [0.29, 0.717) is 23.4 Å². The average molecular weight is 544 g/mol. The van der Waals surface area contributed by atoms with Crippen molar-refractivity contribution in [1.82, 2.24) is 15.0 Å². The zero-order valence-corrected chi connectivity index (χ0v) is 23.2. The Balaban J connectivity index is 1.34. The van der Waals surface area contributed by atoms with Gasteiger partial charge in [0.1, 0.15) is 11.2 Å². The first-order valence-electron chi connectivity index (χ1n) is 14.7. The Morgan fingerprint density at radius 3 is 1.79 bits per heavy atom. The van der Waals surface area contributed by atoms with Crippen LogP contribution in [0, 0.1) is 0 Å². The van der Waals surface area contributed by atoms with Gasteiger partial charge in [-0.25, -0.2) is 15.0 Å². The van der Waals surface area contributed by atoms with Crippen LogP contribution in [0.5, 0.6) is 0 Å². The molecule has 8 rings (SSSR count). The molecule has 0 spiro atoms. The molecule has 0 unspecified atom stereocenters. The highest BCUT2D eigenvalue weighted by molar-refractivity contribution is 6.13. The van der Waals surface area contributed by atoms with E-state index < -0.39 is 0 Å². The van der Waals surface area contributed by atoms with Crippen LogP contribution in [-0.2, 0) is 0 Å². The average Bonchev–Trinajstić information content (AvgIpc) is 3.74. The second-order valence-corrected chi connectivity index (χ2v) is 11.1. The van der Waals surface area contributed by atoms with Gasteiger partial charge in [0.05, 0.1) is 0 Å². The van der Waals surface area contributed by atoms with Crippen molar-refractivity contribution in [2.24, 2.45) is 0 Å². The number of aromatic nitrogens is 3. The molecule has 1 saturated carbocycles. The lowest BCUT2D eigenvalue weighted by Gasteiger charge is -2.13. The number of rotatable bonds is 5. The van der Waals surface area contributed by atoms with E-state index in [9.17, 15) is 0 Å². The monoisotopic (exact) mass is 543 g/mol. The molecule has 0 aliphatic heterocycles. The van der Waals surface area contributed by atoms with Crippen LogP contribution in [0.4, 0.5) is 0 Å². The third-order valence-corrected chi connectivity index (χ3v) is 8.50. The highest BCUT2D eigenvalue weighted by atomic mass is 16.3. The molecule has 1 aliphatic rings. The molecule has 2 aromatic heterocycles. The van der Waals surface area contributed by atoms with Crippen molar-refractivity contribution < 1.29 is 4.42 Å². The minimum atomic E-state index is 0.636. The topological polar surface area (TPSA) is 51.8 Å². The number of nitrogens with zero attached hydrogens (tertiary/aromatic N) is 3. The lowest BCUT2D eigenvalue weighted by molar-refractivity contribution is 0.667. The normalized spacial score (nSPS) is 13.7. The van der Waals surface area contributed by atoms with Gasteiger partial charge in [-0.15, -0.1) is 0 Å². The number of hydrogen-bond donors (Lipinski definition) is 0. The van der Waals surface area contributed by atoms with Crippen molar-refractivity contribution in [2.45, 2.75) is 31.6 Å². The van der Waals surface area contributed by atoms with Crippen molar-refractivity contribution in [3.8, 4) is 45.3 Å². The van der Waals surface area contributed by atoms with Gasteiger partial charge < -0.3 is 4.42 Å². The van der Waals surface area contributed by atoms with Crippen LogP contribution in [0.1, 0.15) is 37.2 Å². The molecule has 2 heterocycles. The molecule has 0 atom stereocenters. The van der Waals surface area contributed by atoms with Crippen LogP contribution < -0.4 is 0 Å². The first-order valence-corrected chi connectivity index (χ1v) is 14.7.